The fourth-order valence-corrected chi connectivity index (χ4v) is 5.01. The van der Waals surface area contributed by atoms with E-state index in [2.05, 4.69) is 0 Å². The summed E-state index contributed by atoms with van der Waals surface area (Å²) in [6.07, 6.45) is -0.198. The number of ether oxygens (including phenoxy) is 4. The molecule has 2 N–H and O–H groups in total. The topological polar surface area (TPSA) is 144 Å². The molecule has 2 atom stereocenters. The minimum absolute atomic E-state index is 0. The summed E-state index contributed by atoms with van der Waals surface area (Å²) in [6, 6.07) is 14.6. The van der Waals surface area contributed by atoms with Crippen molar-refractivity contribution in [2.75, 3.05) is 78.8 Å². The van der Waals surface area contributed by atoms with Gasteiger partial charge in [-0.15, -0.1) is 0 Å². The minimum atomic E-state index is -0.388. The molecule has 2 aromatic carbocycles. The number of amides is 4. The van der Waals surface area contributed by atoms with E-state index in [1.165, 1.54) is 0 Å². The van der Waals surface area contributed by atoms with Crippen molar-refractivity contribution in [2.24, 2.45) is 5.73 Å². The van der Waals surface area contributed by atoms with Crippen molar-refractivity contribution in [2.45, 2.75) is 40.4 Å². The van der Waals surface area contributed by atoms with Crippen molar-refractivity contribution in [3.8, 4) is 0 Å². The summed E-state index contributed by atoms with van der Waals surface area (Å²) >= 11 is 0. The Morgan fingerprint density at radius 2 is 1.00 bits per heavy atom. The molecule has 44 heavy (non-hydrogen) atoms. The minimum Gasteiger partial charge on any atom is -0.444 e. The normalized spacial score (nSPS) is 21.6. The van der Waals surface area contributed by atoms with E-state index in [0.29, 0.717) is 45.9 Å². The van der Waals surface area contributed by atoms with Crippen LogP contribution in [0.5, 0.6) is 0 Å². The van der Waals surface area contributed by atoms with E-state index in [4.69, 9.17) is 24.7 Å². The number of cyclic esters (lactones) is 2. The molecular formula is C31H43N5O8. The molecule has 4 aliphatic heterocycles. The van der Waals surface area contributed by atoms with Gasteiger partial charge in [-0.1, -0.05) is 21.8 Å². The maximum Gasteiger partial charge on any atom is 0.414 e. The molecule has 4 saturated heterocycles. The Hall–Kier alpha value is -4.20. The summed E-state index contributed by atoms with van der Waals surface area (Å²) < 4.78 is 20.6. The number of morpholine rings is 2. The van der Waals surface area contributed by atoms with E-state index in [0.717, 1.165) is 29.2 Å². The fourth-order valence-electron chi connectivity index (χ4n) is 5.01. The summed E-state index contributed by atoms with van der Waals surface area (Å²) in [5.41, 5.74) is 8.67. The van der Waals surface area contributed by atoms with Gasteiger partial charge in [0.05, 0.1) is 26.3 Å². The Bertz CT molecular complexity index is 1190. The Morgan fingerprint density at radius 1 is 0.636 bits per heavy atom. The van der Waals surface area contributed by atoms with Crippen LogP contribution in [0.15, 0.2) is 48.5 Å². The van der Waals surface area contributed by atoms with Gasteiger partial charge in [0.15, 0.2) is 0 Å². The molecule has 0 bridgehead atoms. The largest absolute Gasteiger partial charge is 0.444 e. The van der Waals surface area contributed by atoms with Crippen molar-refractivity contribution in [3.63, 3.8) is 0 Å². The number of carbonyl (C=O) groups excluding carboxylic acids is 4. The molecule has 13 heteroatoms. The zero-order valence-corrected chi connectivity index (χ0v) is 23.5. The lowest BCUT2D eigenvalue weighted by atomic mass is 10.2. The van der Waals surface area contributed by atoms with Gasteiger partial charge in [0.25, 0.3) is 11.8 Å². The van der Waals surface area contributed by atoms with E-state index in [1.807, 2.05) is 43.3 Å². The third-order valence-corrected chi connectivity index (χ3v) is 7.38. The van der Waals surface area contributed by atoms with Crippen LogP contribution in [0.1, 0.15) is 28.2 Å². The van der Waals surface area contributed by atoms with Crippen molar-refractivity contribution in [1.82, 2.24) is 0 Å². The molecule has 0 radical (unpaired) electrons. The molecule has 4 heterocycles. The second kappa shape index (κ2) is 15.5. The van der Waals surface area contributed by atoms with Gasteiger partial charge in [-0.2, -0.15) is 0 Å². The SMILES string of the molecule is C.C.CC[C@H]1CN(c2ccc(N3CCOCC3=O)cc2)C(=O)O1.NC[C@H]1CN(c2ccc(N3CCOCC3=O)cc2)C(=O)O1. The quantitative estimate of drug-likeness (QED) is 0.518. The summed E-state index contributed by atoms with van der Waals surface area (Å²) in [7, 11) is 0. The van der Waals surface area contributed by atoms with Gasteiger partial charge in [-0.3, -0.25) is 19.4 Å². The average molecular weight is 614 g/mol. The van der Waals surface area contributed by atoms with Gasteiger partial charge in [0.2, 0.25) is 0 Å². The second-order valence-corrected chi connectivity index (χ2v) is 10.1. The van der Waals surface area contributed by atoms with Gasteiger partial charge >= 0.3 is 12.2 Å². The zero-order valence-electron chi connectivity index (χ0n) is 23.5. The molecule has 0 aliphatic carbocycles. The van der Waals surface area contributed by atoms with Crippen molar-refractivity contribution < 1.29 is 38.1 Å². The monoisotopic (exact) mass is 613 g/mol. The lowest BCUT2D eigenvalue weighted by Gasteiger charge is -2.27. The van der Waals surface area contributed by atoms with Crippen molar-refractivity contribution in [3.05, 3.63) is 48.5 Å². The van der Waals surface area contributed by atoms with Crippen molar-refractivity contribution in [1.29, 1.82) is 0 Å². The molecule has 6 rings (SSSR count). The number of hydrogen-bond donors (Lipinski definition) is 1. The van der Waals surface area contributed by atoms with E-state index in [1.54, 1.807) is 31.7 Å². The summed E-state index contributed by atoms with van der Waals surface area (Å²) in [5.74, 6) is -0.0987. The molecule has 0 aromatic heterocycles. The first-order valence-electron chi connectivity index (χ1n) is 14.0. The van der Waals surface area contributed by atoms with Crippen molar-refractivity contribution >= 4 is 46.8 Å². The Kier molecular flexibility index (Phi) is 12.1. The summed E-state index contributed by atoms with van der Waals surface area (Å²) in [6.45, 7) is 5.74. The first kappa shape index (κ1) is 34.3. The van der Waals surface area contributed by atoms with Crippen LogP contribution in [-0.2, 0) is 28.5 Å². The zero-order chi connectivity index (χ0) is 29.6. The number of anilines is 4. The van der Waals surface area contributed by atoms with Crippen LogP contribution in [0, 0.1) is 0 Å². The van der Waals surface area contributed by atoms with Crippen LogP contribution in [-0.4, -0.2) is 95.4 Å². The Balaban J connectivity index is 0.000000230. The average Bonchev–Trinajstić information content (AvgIpc) is 3.60. The Morgan fingerprint density at radius 3 is 1.32 bits per heavy atom. The van der Waals surface area contributed by atoms with E-state index < -0.39 is 0 Å². The molecule has 13 nitrogen and oxygen atoms in total. The van der Waals surface area contributed by atoms with Gasteiger partial charge in [0.1, 0.15) is 25.4 Å². The number of hydrogen-bond acceptors (Lipinski definition) is 9. The van der Waals surface area contributed by atoms with Gasteiger partial charge in [0, 0.05) is 42.4 Å². The molecule has 0 unspecified atom stereocenters. The van der Waals surface area contributed by atoms with Gasteiger partial charge < -0.3 is 34.5 Å². The number of nitrogens with zero attached hydrogens (tertiary/aromatic N) is 4. The maximum absolute atomic E-state index is 11.8. The molecule has 4 amide bonds. The predicted octanol–water partition coefficient (Wildman–Crippen LogP) is 3.39. The van der Waals surface area contributed by atoms with E-state index in [9.17, 15) is 19.2 Å². The third kappa shape index (κ3) is 7.65. The lowest BCUT2D eigenvalue weighted by Crippen LogP contribution is -2.41. The highest BCUT2D eigenvalue weighted by atomic mass is 16.6. The van der Waals surface area contributed by atoms with Crippen LogP contribution < -0.4 is 25.3 Å². The number of carbonyl (C=O) groups is 4. The number of nitrogens with two attached hydrogens (primary N) is 1. The van der Waals surface area contributed by atoms with Gasteiger partial charge in [-0.05, 0) is 55.0 Å². The van der Waals surface area contributed by atoms with Crippen LogP contribution in [0.25, 0.3) is 0 Å². The molecule has 4 aliphatic rings. The maximum atomic E-state index is 11.8. The highest BCUT2D eigenvalue weighted by molar-refractivity contribution is 5.96. The number of benzene rings is 2. The van der Waals surface area contributed by atoms with Crippen LogP contribution in [0.2, 0.25) is 0 Å². The standard InChI is InChI=1S/C15H18N2O4.C14H17N3O4.2CH4/c1-2-13-9-17(15(19)21-13)12-5-3-11(4-6-12)16-7-8-20-10-14(16)18;15-7-12-8-17(14(19)21-12)11-3-1-10(2-4-11)16-5-6-20-9-13(16)18;;/h3-6,13H,2,7-10H2,1H3;1-4,12H,5-9,15H2;2*1H4/t13-;12-;;/m00../s1. The van der Waals surface area contributed by atoms with Crippen LogP contribution >= 0.6 is 0 Å². The fraction of sp³-hybridized carbons (Fsp3) is 0.484. The molecule has 2 aromatic rings. The highest BCUT2D eigenvalue weighted by Gasteiger charge is 2.32. The van der Waals surface area contributed by atoms with Crippen LogP contribution in [0.4, 0.5) is 32.3 Å². The van der Waals surface area contributed by atoms with Crippen LogP contribution in [0.3, 0.4) is 0 Å². The molecule has 0 spiro atoms. The Labute approximate surface area is 258 Å². The molecular weight excluding hydrogens is 570 g/mol. The molecule has 4 fully saturated rings. The van der Waals surface area contributed by atoms with Gasteiger partial charge in [-0.25, -0.2) is 9.59 Å². The van der Waals surface area contributed by atoms with E-state index in [-0.39, 0.29) is 64.3 Å². The van der Waals surface area contributed by atoms with E-state index >= 15 is 0 Å². The first-order valence-corrected chi connectivity index (χ1v) is 14.0. The summed E-state index contributed by atoms with van der Waals surface area (Å²) in [5, 5.41) is 0. The highest BCUT2D eigenvalue weighted by Crippen LogP contribution is 2.27. The lowest BCUT2D eigenvalue weighted by molar-refractivity contribution is -0.126. The second-order valence-electron chi connectivity index (χ2n) is 10.1. The predicted molar refractivity (Wildman–Crippen MR) is 167 cm³/mol. The number of rotatable bonds is 6. The first-order chi connectivity index (χ1) is 20.4. The molecule has 240 valence electrons. The third-order valence-electron chi connectivity index (χ3n) is 7.38. The molecule has 0 saturated carbocycles. The summed E-state index contributed by atoms with van der Waals surface area (Å²) in [4.78, 5) is 53.7. The smallest absolute Gasteiger partial charge is 0.414 e.